The minimum Gasteiger partial charge on any atom is -0.618 e. The van der Waals surface area contributed by atoms with Gasteiger partial charge in [0.1, 0.15) is 0 Å². The summed E-state index contributed by atoms with van der Waals surface area (Å²) in [6, 6.07) is 14.0. The smallest absolute Gasteiger partial charge is 0.250 e. The molecule has 7 heteroatoms. The van der Waals surface area contributed by atoms with Crippen molar-refractivity contribution >= 4 is 23.4 Å². The van der Waals surface area contributed by atoms with Gasteiger partial charge in [-0.15, -0.1) is 5.10 Å². The highest BCUT2D eigenvalue weighted by molar-refractivity contribution is 6.33. The van der Waals surface area contributed by atoms with Crippen molar-refractivity contribution in [3.05, 3.63) is 71.2 Å². The van der Waals surface area contributed by atoms with Crippen LogP contribution >= 0.6 is 0 Å². The van der Waals surface area contributed by atoms with E-state index in [0.717, 1.165) is 23.3 Å². The van der Waals surface area contributed by atoms with Gasteiger partial charge in [0.05, 0.1) is 17.6 Å². The number of ketones is 1. The third-order valence-corrected chi connectivity index (χ3v) is 4.57. The summed E-state index contributed by atoms with van der Waals surface area (Å²) in [5, 5.41) is 20.5. The quantitative estimate of drug-likeness (QED) is 0.218. The fraction of sp³-hybridized carbons (Fsp3) is 0.273. The van der Waals surface area contributed by atoms with Gasteiger partial charge in [0.2, 0.25) is 17.7 Å². The predicted molar refractivity (Wildman–Crippen MR) is 115 cm³/mol. The van der Waals surface area contributed by atoms with Crippen molar-refractivity contribution in [2.45, 2.75) is 26.2 Å². The molecule has 0 aliphatic rings. The van der Waals surface area contributed by atoms with E-state index >= 15 is 0 Å². The van der Waals surface area contributed by atoms with Gasteiger partial charge in [0.25, 0.3) is 0 Å². The van der Waals surface area contributed by atoms with Crippen LogP contribution in [-0.2, 0) is 5.41 Å². The summed E-state index contributed by atoms with van der Waals surface area (Å²) >= 11 is 0. The van der Waals surface area contributed by atoms with Crippen molar-refractivity contribution in [1.29, 1.82) is 0 Å². The third kappa shape index (κ3) is 4.51. The Labute approximate surface area is 170 Å². The van der Waals surface area contributed by atoms with Crippen LogP contribution in [0.3, 0.4) is 0 Å². The number of hydrogen-bond acceptors (Lipinski definition) is 5. The molecular weight excluding hydrogens is 366 g/mol. The van der Waals surface area contributed by atoms with Gasteiger partial charge in [-0.1, -0.05) is 26.0 Å². The maximum atomic E-state index is 12.5. The summed E-state index contributed by atoms with van der Waals surface area (Å²) in [5.74, 6) is -0.363. The Hall–Kier alpha value is -3.48. The molecule has 29 heavy (non-hydrogen) atoms. The normalized spacial score (nSPS) is 12.1. The van der Waals surface area contributed by atoms with E-state index in [1.165, 1.54) is 0 Å². The molecule has 0 atom stereocenters. The first-order valence-corrected chi connectivity index (χ1v) is 9.31. The van der Waals surface area contributed by atoms with Crippen molar-refractivity contribution in [3.63, 3.8) is 0 Å². The Balaban J connectivity index is 1.80. The minimum absolute atomic E-state index is 0.114. The zero-order valence-electron chi connectivity index (χ0n) is 17.3. The summed E-state index contributed by atoms with van der Waals surface area (Å²) in [4.78, 5) is 14.4. The molecule has 0 saturated heterocycles. The molecule has 150 valence electrons. The first-order chi connectivity index (χ1) is 13.7. The van der Waals surface area contributed by atoms with Crippen molar-refractivity contribution < 1.29 is 9.53 Å². The van der Waals surface area contributed by atoms with E-state index in [-0.39, 0.29) is 11.2 Å². The number of hydrogen-bond donors (Lipinski definition) is 0. The predicted octanol–water partition coefficient (Wildman–Crippen LogP) is 3.73. The minimum atomic E-state index is -0.363. The molecule has 3 rings (SSSR count). The maximum Gasteiger partial charge on any atom is 0.250 e. The fourth-order valence-corrected chi connectivity index (χ4v) is 2.86. The number of aromatic nitrogens is 3. The molecule has 0 amide bonds. The van der Waals surface area contributed by atoms with Gasteiger partial charge < -0.3 is 10.1 Å². The molecule has 0 N–H and O–H groups in total. The van der Waals surface area contributed by atoms with Gasteiger partial charge in [-0.3, -0.25) is 4.79 Å². The number of carbonyl (C=O) groups excluding carboxylic acids is 1. The molecule has 0 radical (unpaired) electrons. The van der Waals surface area contributed by atoms with E-state index in [1.54, 1.807) is 47.3 Å². The van der Waals surface area contributed by atoms with Gasteiger partial charge in [-0.2, -0.15) is 4.74 Å². The van der Waals surface area contributed by atoms with Gasteiger partial charge >= 0.3 is 0 Å². The van der Waals surface area contributed by atoms with E-state index < -0.39 is 0 Å². The molecular formula is C22H25N5O2. The summed E-state index contributed by atoms with van der Waals surface area (Å²) < 4.78 is 2.34. The largest absolute Gasteiger partial charge is 0.618 e. The average Bonchev–Trinajstić information content (AvgIpc) is 3.18. The second-order valence-electron chi connectivity index (χ2n) is 8.06. The monoisotopic (exact) mass is 391 g/mol. The zero-order valence-corrected chi connectivity index (χ0v) is 17.3. The van der Waals surface area contributed by atoms with Crippen molar-refractivity contribution in [3.8, 4) is 5.69 Å². The van der Waals surface area contributed by atoms with Crippen molar-refractivity contribution in [2.24, 2.45) is 0 Å². The van der Waals surface area contributed by atoms with Gasteiger partial charge in [-0.25, -0.2) is 4.68 Å². The molecule has 0 aliphatic carbocycles. The van der Waals surface area contributed by atoms with Gasteiger partial charge in [0.15, 0.2) is 0 Å². The summed E-state index contributed by atoms with van der Waals surface area (Å²) in [6.45, 7) is 6.26. The lowest BCUT2D eigenvalue weighted by Gasteiger charge is -2.19. The van der Waals surface area contributed by atoms with Crippen LogP contribution in [0.4, 0.5) is 11.4 Å². The van der Waals surface area contributed by atoms with Crippen LogP contribution in [-0.4, -0.2) is 45.8 Å². The summed E-state index contributed by atoms with van der Waals surface area (Å²) in [5.41, 5.74) is 3.47. The van der Waals surface area contributed by atoms with Crippen LogP contribution in [0.1, 0.15) is 36.8 Å². The van der Waals surface area contributed by atoms with E-state index in [1.807, 2.05) is 31.1 Å². The number of carbonyl (C=O) groups is 1. The lowest BCUT2D eigenvalue weighted by Crippen LogP contribution is -2.17. The average molecular weight is 391 g/mol. The Kier molecular flexibility index (Phi) is 5.50. The molecule has 0 unspecified atom stereocenters. The van der Waals surface area contributed by atoms with Crippen LogP contribution in [0.2, 0.25) is 0 Å². The Morgan fingerprint density at radius 2 is 1.69 bits per heavy atom. The fourth-order valence-electron chi connectivity index (χ4n) is 2.86. The number of benzene rings is 2. The molecule has 0 spiro atoms. The maximum absolute atomic E-state index is 12.5. The SMILES string of the molecule is CN(C)c1ccc([N+]([O-])=CC(=O)c2ccc(-n3nncc3C(C)(C)C)cc2)cc1. The molecule has 1 heterocycles. The van der Waals surface area contributed by atoms with Gasteiger partial charge in [0, 0.05) is 42.9 Å². The summed E-state index contributed by atoms with van der Waals surface area (Å²) in [6.07, 6.45) is 2.79. The topological polar surface area (TPSA) is 77.1 Å². The first-order valence-electron chi connectivity index (χ1n) is 9.31. The Bertz CT molecular complexity index is 1030. The number of rotatable bonds is 5. The highest BCUT2D eigenvalue weighted by Crippen LogP contribution is 2.23. The number of nitrogens with zero attached hydrogens (tertiary/aromatic N) is 5. The summed E-state index contributed by atoms with van der Waals surface area (Å²) in [7, 11) is 3.85. The second kappa shape index (κ2) is 7.87. The lowest BCUT2D eigenvalue weighted by molar-refractivity contribution is -0.353. The van der Waals surface area contributed by atoms with Crippen molar-refractivity contribution in [2.75, 3.05) is 19.0 Å². The third-order valence-electron chi connectivity index (χ3n) is 4.57. The molecule has 2 aromatic carbocycles. The zero-order chi connectivity index (χ0) is 21.2. The molecule has 0 bridgehead atoms. The Morgan fingerprint density at radius 3 is 2.24 bits per heavy atom. The van der Waals surface area contributed by atoms with Crippen LogP contribution in [0.25, 0.3) is 5.69 Å². The molecule has 0 fully saturated rings. The van der Waals surface area contributed by atoms with Crippen LogP contribution < -0.4 is 4.90 Å². The number of anilines is 1. The molecule has 1 aromatic heterocycles. The van der Waals surface area contributed by atoms with Crippen LogP contribution in [0.15, 0.2) is 54.7 Å². The second-order valence-corrected chi connectivity index (χ2v) is 8.06. The lowest BCUT2D eigenvalue weighted by atomic mass is 9.92. The van der Waals surface area contributed by atoms with Crippen LogP contribution in [0.5, 0.6) is 0 Å². The highest BCUT2D eigenvalue weighted by atomic mass is 16.5. The number of Topliss-reactive ketones (excluding diaryl/α,β-unsaturated/α-hetero) is 1. The molecule has 0 saturated carbocycles. The van der Waals surface area contributed by atoms with E-state index in [9.17, 15) is 10.0 Å². The molecule has 0 aliphatic heterocycles. The van der Waals surface area contributed by atoms with E-state index in [0.29, 0.717) is 16.0 Å². The molecule has 3 aromatic rings. The van der Waals surface area contributed by atoms with Gasteiger partial charge in [-0.05, 0) is 36.4 Å². The highest BCUT2D eigenvalue weighted by Gasteiger charge is 2.20. The Morgan fingerprint density at radius 1 is 1.07 bits per heavy atom. The van der Waals surface area contributed by atoms with Crippen LogP contribution in [0, 0.1) is 5.21 Å². The molecule has 7 nitrogen and oxygen atoms in total. The van der Waals surface area contributed by atoms with E-state index in [2.05, 4.69) is 31.1 Å². The first kappa shape index (κ1) is 20.3. The standard InChI is InChI=1S/C22H25N5O2/c1-22(2,3)21-14-23-24-27(21)19-8-6-16(7-9-19)20(28)15-26(29)18-12-10-17(11-13-18)25(4)5/h6-15H,1-5H3. The van der Waals surface area contributed by atoms with Crippen molar-refractivity contribution in [1.82, 2.24) is 15.0 Å². The van der Waals surface area contributed by atoms with E-state index in [4.69, 9.17) is 0 Å².